The Labute approximate surface area is 172 Å². The van der Waals surface area contributed by atoms with Gasteiger partial charge in [-0.2, -0.15) is 0 Å². The van der Waals surface area contributed by atoms with Crippen LogP contribution in [0.1, 0.15) is 41.3 Å². The number of rotatable bonds is 6. The summed E-state index contributed by atoms with van der Waals surface area (Å²) in [6, 6.07) is 24.3. The molecular formula is C26H25NO2. The molecule has 0 radical (unpaired) electrons. The van der Waals surface area contributed by atoms with Gasteiger partial charge in [-0.1, -0.05) is 67.6 Å². The molecule has 29 heavy (non-hydrogen) atoms. The third-order valence-electron chi connectivity index (χ3n) is 5.60. The van der Waals surface area contributed by atoms with Crippen molar-refractivity contribution in [2.75, 3.05) is 11.4 Å². The van der Waals surface area contributed by atoms with Crippen molar-refractivity contribution in [3.8, 4) is 11.1 Å². The molecule has 0 spiro atoms. The summed E-state index contributed by atoms with van der Waals surface area (Å²) in [5.41, 5.74) is 6.41. The van der Waals surface area contributed by atoms with E-state index in [-0.39, 0.29) is 11.7 Å². The highest BCUT2D eigenvalue weighted by Crippen LogP contribution is 2.32. The molecule has 1 aliphatic rings. The largest absolute Gasteiger partial charge is 0.312 e. The third-order valence-corrected chi connectivity index (χ3v) is 5.60. The van der Waals surface area contributed by atoms with Crippen LogP contribution in [0.25, 0.3) is 11.1 Å². The van der Waals surface area contributed by atoms with Gasteiger partial charge in [0, 0.05) is 30.6 Å². The fraction of sp³-hybridized carbons (Fsp3) is 0.231. The van der Waals surface area contributed by atoms with Gasteiger partial charge in [0.05, 0.1) is 0 Å². The fourth-order valence-electron chi connectivity index (χ4n) is 3.93. The Morgan fingerprint density at radius 3 is 2.34 bits per heavy atom. The predicted octanol–water partition coefficient (Wildman–Crippen LogP) is 5.47. The minimum atomic E-state index is 0.170. The Bertz CT molecular complexity index is 1020. The standard InChI is InChI=1S/C26H25NO2/c1-2-26(29)27-17-16-23-18-22(13-14-24(23)27)20-9-11-21(12-10-20)25(28)15-8-19-6-4-3-5-7-19/h3-7,9-14,18H,2,8,15-17H2,1H3. The number of fused-ring (bicyclic) bond motifs is 1. The topological polar surface area (TPSA) is 37.4 Å². The number of nitrogens with zero attached hydrogens (tertiary/aromatic N) is 1. The molecule has 0 saturated heterocycles. The van der Waals surface area contributed by atoms with Crippen LogP contribution < -0.4 is 4.90 Å². The van der Waals surface area contributed by atoms with Gasteiger partial charge < -0.3 is 4.90 Å². The van der Waals surface area contributed by atoms with Crippen molar-refractivity contribution < 1.29 is 9.59 Å². The van der Waals surface area contributed by atoms with Gasteiger partial charge in [0.25, 0.3) is 0 Å². The Morgan fingerprint density at radius 2 is 1.62 bits per heavy atom. The highest BCUT2D eigenvalue weighted by atomic mass is 16.2. The lowest BCUT2D eigenvalue weighted by molar-refractivity contribution is -0.118. The zero-order valence-corrected chi connectivity index (χ0v) is 16.7. The second kappa shape index (κ2) is 8.44. The Kier molecular flexibility index (Phi) is 5.57. The van der Waals surface area contributed by atoms with Crippen molar-refractivity contribution >= 4 is 17.4 Å². The van der Waals surface area contributed by atoms with Crippen LogP contribution in [0.3, 0.4) is 0 Å². The van der Waals surface area contributed by atoms with Crippen molar-refractivity contribution in [1.82, 2.24) is 0 Å². The number of amides is 1. The summed E-state index contributed by atoms with van der Waals surface area (Å²) in [5, 5.41) is 0. The molecule has 3 nitrogen and oxygen atoms in total. The van der Waals surface area contributed by atoms with E-state index < -0.39 is 0 Å². The maximum Gasteiger partial charge on any atom is 0.226 e. The average molecular weight is 383 g/mol. The number of carbonyl (C=O) groups is 2. The zero-order valence-electron chi connectivity index (χ0n) is 16.7. The van der Waals surface area contributed by atoms with Crippen LogP contribution in [-0.2, 0) is 17.6 Å². The molecule has 146 valence electrons. The van der Waals surface area contributed by atoms with Crippen molar-refractivity contribution in [1.29, 1.82) is 0 Å². The molecule has 1 heterocycles. The normalized spacial score (nSPS) is 12.7. The Morgan fingerprint density at radius 1 is 0.897 bits per heavy atom. The summed E-state index contributed by atoms with van der Waals surface area (Å²) >= 11 is 0. The smallest absolute Gasteiger partial charge is 0.226 e. The van der Waals surface area contributed by atoms with Gasteiger partial charge in [-0.3, -0.25) is 9.59 Å². The van der Waals surface area contributed by atoms with E-state index in [0.717, 1.165) is 41.8 Å². The zero-order chi connectivity index (χ0) is 20.2. The monoisotopic (exact) mass is 383 g/mol. The third kappa shape index (κ3) is 4.14. The lowest BCUT2D eigenvalue weighted by atomic mass is 9.98. The second-order valence-corrected chi connectivity index (χ2v) is 7.48. The van der Waals surface area contributed by atoms with Crippen molar-refractivity contribution in [2.24, 2.45) is 0 Å². The van der Waals surface area contributed by atoms with Gasteiger partial charge in [-0.25, -0.2) is 0 Å². The number of ketones is 1. The fourth-order valence-corrected chi connectivity index (χ4v) is 3.93. The molecule has 0 N–H and O–H groups in total. The maximum atomic E-state index is 12.5. The molecule has 1 aliphatic heterocycles. The number of hydrogen-bond donors (Lipinski definition) is 0. The highest BCUT2D eigenvalue weighted by molar-refractivity contribution is 5.97. The van der Waals surface area contributed by atoms with Crippen molar-refractivity contribution in [3.05, 3.63) is 89.5 Å². The number of aryl methyl sites for hydroxylation is 1. The number of Topliss-reactive ketones (excluding diaryl/α,β-unsaturated/α-hetero) is 1. The van der Waals surface area contributed by atoms with Gasteiger partial charge in [0.15, 0.2) is 5.78 Å². The first-order valence-electron chi connectivity index (χ1n) is 10.3. The molecule has 0 fully saturated rings. The van der Waals surface area contributed by atoms with E-state index in [1.54, 1.807) is 0 Å². The second-order valence-electron chi connectivity index (χ2n) is 7.48. The summed E-state index contributed by atoms with van der Waals surface area (Å²) in [6.45, 7) is 2.66. The summed E-state index contributed by atoms with van der Waals surface area (Å²) in [4.78, 5) is 26.5. The van der Waals surface area contributed by atoms with Gasteiger partial charge in [0.1, 0.15) is 0 Å². The molecular weight excluding hydrogens is 358 g/mol. The lowest BCUT2D eigenvalue weighted by Gasteiger charge is -2.16. The lowest BCUT2D eigenvalue weighted by Crippen LogP contribution is -2.27. The molecule has 0 aromatic heterocycles. The number of hydrogen-bond acceptors (Lipinski definition) is 2. The summed E-state index contributed by atoms with van der Waals surface area (Å²) < 4.78 is 0. The summed E-state index contributed by atoms with van der Waals surface area (Å²) in [5.74, 6) is 0.345. The van der Waals surface area contributed by atoms with Gasteiger partial charge in [-0.15, -0.1) is 0 Å². The average Bonchev–Trinajstić information content (AvgIpc) is 3.21. The van der Waals surface area contributed by atoms with Crippen LogP contribution in [0.2, 0.25) is 0 Å². The van der Waals surface area contributed by atoms with Crippen LogP contribution in [-0.4, -0.2) is 18.2 Å². The minimum absolute atomic E-state index is 0.170. The molecule has 1 amide bonds. The molecule has 0 aliphatic carbocycles. The van der Waals surface area contributed by atoms with Crippen LogP contribution in [0, 0.1) is 0 Å². The van der Waals surface area contributed by atoms with E-state index >= 15 is 0 Å². The molecule has 3 aromatic rings. The Balaban J connectivity index is 1.45. The van der Waals surface area contributed by atoms with Gasteiger partial charge in [-0.05, 0) is 47.2 Å². The summed E-state index contributed by atoms with van der Waals surface area (Å²) in [7, 11) is 0. The van der Waals surface area contributed by atoms with E-state index in [4.69, 9.17) is 0 Å². The predicted molar refractivity (Wildman–Crippen MR) is 117 cm³/mol. The number of anilines is 1. The number of benzene rings is 3. The van der Waals surface area contributed by atoms with E-state index in [9.17, 15) is 9.59 Å². The van der Waals surface area contributed by atoms with E-state index in [0.29, 0.717) is 12.8 Å². The molecule has 3 aromatic carbocycles. The van der Waals surface area contributed by atoms with E-state index in [1.807, 2.05) is 60.4 Å². The highest BCUT2D eigenvalue weighted by Gasteiger charge is 2.23. The minimum Gasteiger partial charge on any atom is -0.312 e. The SMILES string of the molecule is CCC(=O)N1CCc2cc(-c3ccc(C(=O)CCc4ccccc4)cc3)ccc21. The molecule has 0 bridgehead atoms. The molecule has 0 saturated carbocycles. The van der Waals surface area contributed by atoms with Crippen molar-refractivity contribution in [3.63, 3.8) is 0 Å². The molecule has 0 atom stereocenters. The number of carbonyl (C=O) groups excluding carboxylic acids is 2. The first kappa shape index (κ1) is 19.1. The molecule has 3 heteroatoms. The van der Waals surface area contributed by atoms with Crippen LogP contribution in [0.5, 0.6) is 0 Å². The van der Waals surface area contributed by atoms with Crippen LogP contribution in [0.15, 0.2) is 72.8 Å². The Hall–Kier alpha value is -3.20. The van der Waals surface area contributed by atoms with E-state index in [2.05, 4.69) is 24.3 Å². The molecule has 0 unspecified atom stereocenters. The van der Waals surface area contributed by atoms with Crippen LogP contribution in [0.4, 0.5) is 5.69 Å². The van der Waals surface area contributed by atoms with Gasteiger partial charge in [0.2, 0.25) is 5.91 Å². The van der Waals surface area contributed by atoms with E-state index in [1.165, 1.54) is 11.1 Å². The first-order chi connectivity index (χ1) is 14.2. The maximum absolute atomic E-state index is 12.5. The van der Waals surface area contributed by atoms with Crippen LogP contribution >= 0.6 is 0 Å². The van der Waals surface area contributed by atoms with Crippen molar-refractivity contribution in [2.45, 2.75) is 32.6 Å². The molecule has 4 rings (SSSR count). The summed E-state index contributed by atoms with van der Waals surface area (Å²) in [6.07, 6.45) is 2.70. The first-order valence-corrected chi connectivity index (χ1v) is 10.3. The quantitative estimate of drug-likeness (QED) is 0.530. The van der Waals surface area contributed by atoms with Gasteiger partial charge >= 0.3 is 0 Å².